The minimum Gasteiger partial charge on any atom is -0.376 e. The van der Waals surface area contributed by atoms with Crippen LogP contribution < -0.4 is 0 Å². The molecule has 2 aromatic heterocycles. The number of nitriles is 1. The Hall–Kier alpha value is -3.49. The molecule has 12 nitrogen and oxygen atoms in total. The van der Waals surface area contributed by atoms with Crippen molar-refractivity contribution in [3.8, 4) is 17.3 Å². The van der Waals surface area contributed by atoms with Crippen LogP contribution in [0.5, 0.6) is 0 Å². The molecular formula is C26H27F4N7O5. The lowest BCUT2D eigenvalue weighted by molar-refractivity contribution is -0.349. The van der Waals surface area contributed by atoms with Gasteiger partial charge >= 0.3 is 0 Å². The van der Waals surface area contributed by atoms with Gasteiger partial charge in [0.15, 0.2) is 23.0 Å². The van der Waals surface area contributed by atoms with Gasteiger partial charge < -0.3 is 23.7 Å². The van der Waals surface area contributed by atoms with Crippen molar-refractivity contribution in [2.24, 2.45) is 0 Å². The molecule has 1 aromatic carbocycles. The first-order chi connectivity index (χ1) is 20.1. The Bertz CT molecular complexity index is 1500. The SMILES string of the molecule is CO[C@@H]1[C@@H](n2cc(-c3ccc(C#N)c(F)c3F)nn2)[C@H]2OC(C)(C)OC[C@H]2O[C@@H]1Cc1cn(C2(C(F)F)COC2)nn1. The second-order valence-electron chi connectivity index (χ2n) is 10.9. The molecule has 0 aliphatic carbocycles. The zero-order chi connectivity index (χ0) is 29.8. The van der Waals surface area contributed by atoms with E-state index in [9.17, 15) is 17.6 Å². The molecule has 0 saturated carbocycles. The van der Waals surface area contributed by atoms with Gasteiger partial charge in [0.05, 0.1) is 43.4 Å². The van der Waals surface area contributed by atoms with Crippen molar-refractivity contribution in [2.45, 2.75) is 68.5 Å². The molecule has 3 aliphatic heterocycles. The van der Waals surface area contributed by atoms with Gasteiger partial charge in [0.25, 0.3) is 6.43 Å². The molecule has 5 atom stereocenters. The molecule has 0 bridgehead atoms. The monoisotopic (exact) mass is 593 g/mol. The average molecular weight is 594 g/mol. The third kappa shape index (κ3) is 4.74. The number of halogens is 4. The molecule has 5 heterocycles. The standard InChI is InChI=1S/C26H27F4N7O5/c1-25(2)40-10-18-23(42-25)21(36-9-16(33-34-36)15-5-4-13(7-31)19(27)20(15)28)22(38-3)17(41-18)6-14-8-37(35-32-14)26(24(29)30)11-39-12-26/h4-5,8-9,17-18,21-24H,6,10-12H2,1-3H3/t17-,18-,21-,22+,23+/m1/s1. The van der Waals surface area contributed by atoms with E-state index in [4.69, 9.17) is 28.9 Å². The molecule has 0 N–H and O–H groups in total. The van der Waals surface area contributed by atoms with Gasteiger partial charge in [-0.1, -0.05) is 10.4 Å². The fourth-order valence-corrected chi connectivity index (χ4v) is 5.55. The Morgan fingerprint density at radius 2 is 1.93 bits per heavy atom. The topological polar surface area (TPSA) is 131 Å². The Morgan fingerprint density at radius 1 is 1.14 bits per heavy atom. The molecule has 0 spiro atoms. The molecule has 3 saturated heterocycles. The summed E-state index contributed by atoms with van der Waals surface area (Å²) in [5.41, 5.74) is -1.76. The van der Waals surface area contributed by atoms with Crippen LogP contribution in [0.2, 0.25) is 0 Å². The molecule has 3 aliphatic rings. The number of hydrogen-bond donors (Lipinski definition) is 0. The fraction of sp³-hybridized carbons (Fsp3) is 0.577. The molecule has 0 unspecified atom stereocenters. The summed E-state index contributed by atoms with van der Waals surface area (Å²) in [7, 11) is 1.47. The maximum Gasteiger partial charge on any atom is 0.268 e. The molecule has 16 heteroatoms. The highest BCUT2D eigenvalue weighted by Gasteiger charge is 2.54. The van der Waals surface area contributed by atoms with Crippen LogP contribution in [0.1, 0.15) is 31.1 Å². The minimum atomic E-state index is -2.69. The van der Waals surface area contributed by atoms with Gasteiger partial charge in [-0.2, -0.15) is 5.26 Å². The van der Waals surface area contributed by atoms with Gasteiger partial charge in [0, 0.05) is 25.3 Å². The van der Waals surface area contributed by atoms with Crippen molar-refractivity contribution >= 4 is 0 Å². The van der Waals surface area contributed by atoms with E-state index in [1.807, 2.05) is 0 Å². The normalized spacial score (nSPS) is 28.2. The summed E-state index contributed by atoms with van der Waals surface area (Å²) in [6, 6.07) is 3.34. The average Bonchev–Trinajstić information content (AvgIpc) is 3.59. The Balaban J connectivity index is 1.33. The van der Waals surface area contributed by atoms with Crippen LogP contribution in [0.15, 0.2) is 24.5 Å². The predicted octanol–water partition coefficient (Wildman–Crippen LogP) is 2.39. The van der Waals surface area contributed by atoms with Crippen LogP contribution in [0.25, 0.3) is 11.3 Å². The molecule has 42 heavy (non-hydrogen) atoms. The molecule has 0 radical (unpaired) electrons. The second kappa shape index (κ2) is 10.7. The maximum absolute atomic E-state index is 14.8. The summed E-state index contributed by atoms with van der Waals surface area (Å²) >= 11 is 0. The summed E-state index contributed by atoms with van der Waals surface area (Å²) in [5, 5.41) is 25.3. The number of nitrogens with zero attached hydrogens (tertiary/aromatic N) is 7. The van der Waals surface area contributed by atoms with Crippen molar-refractivity contribution in [1.82, 2.24) is 30.0 Å². The van der Waals surface area contributed by atoms with Crippen molar-refractivity contribution in [3.05, 3.63) is 47.4 Å². The van der Waals surface area contributed by atoms with E-state index in [0.717, 1.165) is 10.7 Å². The van der Waals surface area contributed by atoms with Crippen LogP contribution in [0.3, 0.4) is 0 Å². The lowest BCUT2D eigenvalue weighted by atomic mass is 9.89. The lowest BCUT2D eigenvalue weighted by Crippen LogP contribution is -2.62. The summed E-state index contributed by atoms with van der Waals surface area (Å²) in [6.07, 6.45) is -2.35. The summed E-state index contributed by atoms with van der Waals surface area (Å²) in [6.45, 7) is 3.30. The Morgan fingerprint density at radius 3 is 2.60 bits per heavy atom. The smallest absolute Gasteiger partial charge is 0.268 e. The number of methoxy groups -OCH3 is 1. The molecule has 3 aromatic rings. The number of aromatic nitrogens is 6. The first-order valence-electron chi connectivity index (χ1n) is 13.1. The Kier molecular flexibility index (Phi) is 7.26. The zero-order valence-corrected chi connectivity index (χ0v) is 22.8. The van der Waals surface area contributed by atoms with Crippen LogP contribution in [-0.2, 0) is 35.6 Å². The van der Waals surface area contributed by atoms with Gasteiger partial charge in [0.1, 0.15) is 36.1 Å². The molecule has 3 fully saturated rings. The minimum absolute atomic E-state index is 0.0274. The van der Waals surface area contributed by atoms with Crippen molar-refractivity contribution in [1.29, 1.82) is 5.26 Å². The van der Waals surface area contributed by atoms with E-state index < -0.39 is 65.4 Å². The van der Waals surface area contributed by atoms with Gasteiger partial charge in [0.2, 0.25) is 0 Å². The van der Waals surface area contributed by atoms with Gasteiger partial charge in [-0.25, -0.2) is 26.9 Å². The predicted molar refractivity (Wildman–Crippen MR) is 132 cm³/mol. The lowest BCUT2D eigenvalue weighted by Gasteiger charge is -2.51. The Labute approximate surface area is 237 Å². The molecule has 0 amide bonds. The van der Waals surface area contributed by atoms with E-state index in [0.29, 0.717) is 5.69 Å². The molecule has 224 valence electrons. The largest absolute Gasteiger partial charge is 0.376 e. The van der Waals surface area contributed by atoms with E-state index in [2.05, 4.69) is 20.6 Å². The number of fused-ring (bicyclic) bond motifs is 1. The van der Waals surface area contributed by atoms with E-state index in [1.54, 1.807) is 19.9 Å². The highest BCUT2D eigenvalue weighted by atomic mass is 19.3. The quantitative estimate of drug-likeness (QED) is 0.377. The van der Waals surface area contributed by atoms with Crippen molar-refractivity contribution in [3.63, 3.8) is 0 Å². The highest BCUT2D eigenvalue weighted by Crippen LogP contribution is 2.41. The number of hydrogen-bond acceptors (Lipinski definition) is 10. The number of alkyl halides is 2. The third-order valence-corrected chi connectivity index (χ3v) is 7.86. The first-order valence-corrected chi connectivity index (χ1v) is 13.1. The number of ether oxygens (including phenoxy) is 5. The second-order valence-corrected chi connectivity index (χ2v) is 10.9. The number of rotatable bonds is 7. The molecule has 6 rings (SSSR count). The van der Waals surface area contributed by atoms with E-state index in [1.165, 1.54) is 30.3 Å². The molecular weight excluding hydrogens is 566 g/mol. The number of benzene rings is 1. The maximum atomic E-state index is 14.8. The van der Waals surface area contributed by atoms with Crippen LogP contribution in [0, 0.1) is 23.0 Å². The van der Waals surface area contributed by atoms with Crippen molar-refractivity contribution < 1.29 is 41.2 Å². The van der Waals surface area contributed by atoms with E-state index >= 15 is 0 Å². The summed E-state index contributed by atoms with van der Waals surface area (Å²) < 4.78 is 88.7. The van der Waals surface area contributed by atoms with E-state index in [-0.39, 0.29) is 37.5 Å². The third-order valence-electron chi connectivity index (χ3n) is 7.86. The van der Waals surface area contributed by atoms with Crippen LogP contribution in [0.4, 0.5) is 17.6 Å². The first kappa shape index (κ1) is 28.6. The van der Waals surface area contributed by atoms with Crippen LogP contribution >= 0.6 is 0 Å². The van der Waals surface area contributed by atoms with Crippen LogP contribution in [-0.4, -0.2) is 93.5 Å². The fourth-order valence-electron chi connectivity index (χ4n) is 5.55. The highest BCUT2D eigenvalue weighted by molar-refractivity contribution is 5.60. The van der Waals surface area contributed by atoms with Gasteiger partial charge in [-0.3, -0.25) is 0 Å². The van der Waals surface area contributed by atoms with Gasteiger partial charge in [-0.05, 0) is 26.0 Å². The summed E-state index contributed by atoms with van der Waals surface area (Å²) in [4.78, 5) is 0. The van der Waals surface area contributed by atoms with Gasteiger partial charge in [-0.15, -0.1) is 10.2 Å². The summed E-state index contributed by atoms with van der Waals surface area (Å²) in [5.74, 6) is -3.48. The van der Waals surface area contributed by atoms with Crippen molar-refractivity contribution in [2.75, 3.05) is 26.9 Å². The zero-order valence-electron chi connectivity index (χ0n) is 22.8.